The van der Waals surface area contributed by atoms with E-state index in [0.29, 0.717) is 10.6 Å². The van der Waals surface area contributed by atoms with Crippen molar-refractivity contribution >= 4 is 11.6 Å². The van der Waals surface area contributed by atoms with Crippen LogP contribution >= 0.6 is 11.6 Å². The lowest BCUT2D eigenvalue weighted by molar-refractivity contribution is -0.137. The van der Waals surface area contributed by atoms with Crippen molar-refractivity contribution in [2.45, 2.75) is 31.5 Å². The number of piperidine rings is 1. The Hall–Kier alpha value is -0.740. The van der Waals surface area contributed by atoms with Gasteiger partial charge in [-0.2, -0.15) is 13.2 Å². The first-order valence-corrected chi connectivity index (χ1v) is 5.96. The topological polar surface area (TPSA) is 12.0 Å². The molecule has 2 rings (SSSR count). The van der Waals surface area contributed by atoms with E-state index in [9.17, 15) is 13.2 Å². The van der Waals surface area contributed by atoms with Crippen molar-refractivity contribution in [1.29, 1.82) is 0 Å². The van der Waals surface area contributed by atoms with E-state index in [1.54, 1.807) is 0 Å². The number of hydrogen-bond acceptors (Lipinski definition) is 1. The molecule has 0 saturated carbocycles. The fourth-order valence-corrected chi connectivity index (χ4v) is 2.35. The predicted molar refractivity (Wildman–Crippen MR) is 61.0 cm³/mol. The molecule has 17 heavy (non-hydrogen) atoms. The van der Waals surface area contributed by atoms with Crippen LogP contribution in [0.1, 0.15) is 36.4 Å². The molecule has 1 atom stereocenters. The summed E-state index contributed by atoms with van der Waals surface area (Å²) in [4.78, 5) is 0. The van der Waals surface area contributed by atoms with Crippen LogP contribution in [-0.4, -0.2) is 6.54 Å². The number of rotatable bonds is 1. The predicted octanol–water partition coefficient (Wildman–Crippen LogP) is 4.17. The molecule has 1 aliphatic heterocycles. The summed E-state index contributed by atoms with van der Waals surface area (Å²) in [6, 6.07) is 3.45. The molecule has 1 aromatic carbocycles. The molecule has 1 fully saturated rings. The fourth-order valence-electron chi connectivity index (χ4n) is 2.10. The quantitative estimate of drug-likeness (QED) is 0.802. The summed E-state index contributed by atoms with van der Waals surface area (Å²) in [6.45, 7) is 0.831. The monoisotopic (exact) mass is 263 g/mol. The van der Waals surface area contributed by atoms with E-state index in [1.165, 1.54) is 6.07 Å². The normalized spacial score (nSPS) is 21.5. The molecular weight excluding hydrogens is 251 g/mol. The Morgan fingerprint density at radius 3 is 2.59 bits per heavy atom. The maximum Gasteiger partial charge on any atom is 0.416 e. The molecule has 0 radical (unpaired) electrons. The van der Waals surface area contributed by atoms with Crippen LogP contribution in [0.3, 0.4) is 0 Å². The average Bonchev–Trinajstić information content (AvgIpc) is 2.29. The first kappa shape index (κ1) is 12.7. The Labute approximate surface area is 103 Å². The third kappa shape index (κ3) is 2.93. The Kier molecular flexibility index (Phi) is 3.64. The molecule has 1 aliphatic rings. The van der Waals surface area contributed by atoms with E-state index in [2.05, 4.69) is 5.32 Å². The van der Waals surface area contributed by atoms with E-state index < -0.39 is 11.7 Å². The molecule has 5 heteroatoms. The molecule has 0 bridgehead atoms. The SMILES string of the molecule is FC(F)(F)c1ccc(Cl)c(C2CCCCN2)c1. The molecule has 1 unspecified atom stereocenters. The van der Waals surface area contributed by atoms with E-state index >= 15 is 0 Å². The van der Waals surface area contributed by atoms with Crippen molar-refractivity contribution in [3.8, 4) is 0 Å². The van der Waals surface area contributed by atoms with Gasteiger partial charge < -0.3 is 5.32 Å². The van der Waals surface area contributed by atoms with Crippen molar-refractivity contribution < 1.29 is 13.2 Å². The van der Waals surface area contributed by atoms with E-state index in [1.807, 2.05) is 0 Å². The third-order valence-corrected chi connectivity index (χ3v) is 3.35. The van der Waals surface area contributed by atoms with Crippen LogP contribution < -0.4 is 5.32 Å². The highest BCUT2D eigenvalue weighted by atomic mass is 35.5. The zero-order valence-electron chi connectivity index (χ0n) is 9.15. The van der Waals surface area contributed by atoms with Gasteiger partial charge in [0.2, 0.25) is 0 Å². The van der Waals surface area contributed by atoms with E-state index in [-0.39, 0.29) is 6.04 Å². The fraction of sp³-hybridized carbons (Fsp3) is 0.500. The first-order valence-electron chi connectivity index (χ1n) is 5.58. The Morgan fingerprint density at radius 1 is 1.24 bits per heavy atom. The van der Waals surface area contributed by atoms with E-state index in [0.717, 1.165) is 37.9 Å². The van der Waals surface area contributed by atoms with Gasteiger partial charge >= 0.3 is 6.18 Å². The Morgan fingerprint density at radius 2 is 2.00 bits per heavy atom. The van der Waals surface area contributed by atoms with Gasteiger partial charge in [-0.25, -0.2) is 0 Å². The van der Waals surface area contributed by atoms with Gasteiger partial charge in [0.25, 0.3) is 0 Å². The van der Waals surface area contributed by atoms with E-state index in [4.69, 9.17) is 11.6 Å². The van der Waals surface area contributed by atoms with Crippen LogP contribution in [0, 0.1) is 0 Å². The summed E-state index contributed by atoms with van der Waals surface area (Å²) < 4.78 is 37.8. The van der Waals surface area contributed by atoms with Crippen molar-refractivity contribution in [2.75, 3.05) is 6.54 Å². The largest absolute Gasteiger partial charge is 0.416 e. The Bertz CT molecular complexity index is 397. The molecule has 0 spiro atoms. The second-order valence-electron chi connectivity index (χ2n) is 4.24. The minimum absolute atomic E-state index is 0.0569. The summed E-state index contributed by atoms with van der Waals surface area (Å²) >= 11 is 5.97. The molecule has 0 amide bonds. The molecule has 1 nitrogen and oxygen atoms in total. The second kappa shape index (κ2) is 4.86. The molecule has 1 aromatic rings. The summed E-state index contributed by atoms with van der Waals surface area (Å²) in [7, 11) is 0. The van der Waals surface area contributed by atoms with Gasteiger partial charge in [0.05, 0.1) is 5.56 Å². The number of nitrogens with one attached hydrogen (secondary N) is 1. The van der Waals surface area contributed by atoms with Crippen LogP contribution in [0.2, 0.25) is 5.02 Å². The zero-order valence-corrected chi connectivity index (χ0v) is 9.91. The standard InChI is InChI=1S/C12H13ClF3N/c13-10-5-4-8(12(14,15)16)7-9(10)11-3-1-2-6-17-11/h4-5,7,11,17H,1-3,6H2. The molecule has 0 aromatic heterocycles. The summed E-state index contributed by atoms with van der Waals surface area (Å²) in [5.74, 6) is 0. The second-order valence-corrected chi connectivity index (χ2v) is 4.64. The molecule has 1 saturated heterocycles. The molecule has 94 valence electrons. The third-order valence-electron chi connectivity index (χ3n) is 3.01. The van der Waals surface area contributed by atoms with Gasteiger partial charge in [-0.3, -0.25) is 0 Å². The Balaban J connectivity index is 2.31. The van der Waals surface area contributed by atoms with Crippen molar-refractivity contribution in [3.63, 3.8) is 0 Å². The van der Waals surface area contributed by atoms with Crippen molar-refractivity contribution in [3.05, 3.63) is 34.3 Å². The molecule has 1 N–H and O–H groups in total. The summed E-state index contributed by atoms with van der Waals surface area (Å²) in [6.07, 6.45) is -1.40. The maximum atomic E-state index is 12.6. The number of hydrogen-bond donors (Lipinski definition) is 1. The van der Waals surface area contributed by atoms with Gasteiger partial charge in [-0.1, -0.05) is 18.0 Å². The lowest BCUT2D eigenvalue weighted by atomic mass is 9.96. The van der Waals surface area contributed by atoms with Gasteiger partial charge in [0, 0.05) is 11.1 Å². The molecule has 0 aliphatic carbocycles. The van der Waals surface area contributed by atoms with Crippen LogP contribution in [0.15, 0.2) is 18.2 Å². The minimum atomic E-state index is -4.31. The smallest absolute Gasteiger partial charge is 0.310 e. The molecular formula is C12H13ClF3N. The number of benzene rings is 1. The lowest BCUT2D eigenvalue weighted by Gasteiger charge is -2.25. The van der Waals surface area contributed by atoms with Gasteiger partial charge in [-0.15, -0.1) is 0 Å². The van der Waals surface area contributed by atoms with Crippen LogP contribution in [0.25, 0.3) is 0 Å². The number of halogens is 4. The number of alkyl halides is 3. The van der Waals surface area contributed by atoms with Crippen LogP contribution in [0.4, 0.5) is 13.2 Å². The lowest BCUT2D eigenvalue weighted by Crippen LogP contribution is -2.27. The summed E-state index contributed by atoms with van der Waals surface area (Å²) in [5.41, 5.74) is -0.0783. The minimum Gasteiger partial charge on any atom is -0.310 e. The van der Waals surface area contributed by atoms with Crippen molar-refractivity contribution in [1.82, 2.24) is 5.32 Å². The summed E-state index contributed by atoms with van der Waals surface area (Å²) in [5, 5.41) is 3.60. The zero-order chi connectivity index (χ0) is 12.5. The van der Waals surface area contributed by atoms with Crippen LogP contribution in [0.5, 0.6) is 0 Å². The highest BCUT2D eigenvalue weighted by Crippen LogP contribution is 2.35. The maximum absolute atomic E-state index is 12.6. The van der Waals surface area contributed by atoms with Gasteiger partial charge in [0.15, 0.2) is 0 Å². The molecule has 1 heterocycles. The van der Waals surface area contributed by atoms with Gasteiger partial charge in [-0.05, 0) is 43.1 Å². The van der Waals surface area contributed by atoms with Crippen molar-refractivity contribution in [2.24, 2.45) is 0 Å². The first-order chi connectivity index (χ1) is 7.98. The highest BCUT2D eigenvalue weighted by Gasteiger charge is 2.31. The average molecular weight is 264 g/mol. The highest BCUT2D eigenvalue weighted by molar-refractivity contribution is 6.31. The van der Waals surface area contributed by atoms with Gasteiger partial charge in [0.1, 0.15) is 0 Å². The van der Waals surface area contributed by atoms with Crippen LogP contribution in [-0.2, 0) is 6.18 Å².